The van der Waals surface area contributed by atoms with Gasteiger partial charge in [0.1, 0.15) is 5.82 Å². The van der Waals surface area contributed by atoms with E-state index in [-0.39, 0.29) is 11.9 Å². The highest BCUT2D eigenvalue weighted by Crippen LogP contribution is 2.35. The van der Waals surface area contributed by atoms with E-state index in [1.807, 2.05) is 0 Å². The highest BCUT2D eigenvalue weighted by molar-refractivity contribution is 6.30. The van der Waals surface area contributed by atoms with E-state index >= 15 is 0 Å². The topological polar surface area (TPSA) is 45.2 Å². The van der Waals surface area contributed by atoms with Crippen LogP contribution in [0.3, 0.4) is 0 Å². The van der Waals surface area contributed by atoms with Crippen LogP contribution in [0.4, 0.5) is 5.82 Å². The first-order valence-corrected chi connectivity index (χ1v) is 9.21. The molecule has 0 saturated carbocycles. The number of rotatable bonds is 4. The fourth-order valence-corrected chi connectivity index (χ4v) is 3.84. The van der Waals surface area contributed by atoms with E-state index in [2.05, 4.69) is 57.7 Å². The van der Waals surface area contributed by atoms with Crippen molar-refractivity contribution in [3.8, 4) is 0 Å². The number of hydrogen-bond acceptors (Lipinski definition) is 3. The number of amides is 1. The van der Waals surface area contributed by atoms with E-state index in [0.29, 0.717) is 17.4 Å². The van der Waals surface area contributed by atoms with Crippen LogP contribution < -0.4 is 5.32 Å². The molecule has 1 amide bonds. The summed E-state index contributed by atoms with van der Waals surface area (Å²) in [6, 6.07) is 18.6. The Morgan fingerprint density at radius 1 is 1.15 bits per heavy atom. The van der Waals surface area contributed by atoms with Gasteiger partial charge in [0.2, 0.25) is 5.91 Å². The molecular weight excluding hydrogens is 346 g/mol. The second-order valence-electron chi connectivity index (χ2n) is 6.61. The average molecular weight is 366 g/mol. The Morgan fingerprint density at radius 2 is 2.00 bits per heavy atom. The molecule has 3 aromatic rings. The van der Waals surface area contributed by atoms with Crippen molar-refractivity contribution < 1.29 is 4.79 Å². The summed E-state index contributed by atoms with van der Waals surface area (Å²) in [6.07, 6.45) is 3.70. The van der Waals surface area contributed by atoms with Crippen molar-refractivity contribution in [2.45, 2.75) is 18.9 Å². The first-order valence-electron chi connectivity index (χ1n) is 8.84. The molecule has 2 heterocycles. The molecule has 2 aromatic carbocycles. The molecule has 1 N–H and O–H groups in total. The van der Waals surface area contributed by atoms with Gasteiger partial charge in [-0.05, 0) is 47.9 Å². The molecule has 1 atom stereocenters. The third kappa shape index (κ3) is 3.57. The number of carbonyl (C=O) groups is 1. The normalized spacial score (nSPS) is 17.5. The summed E-state index contributed by atoms with van der Waals surface area (Å²) in [5.74, 6) is 0.479. The lowest BCUT2D eigenvalue weighted by Gasteiger charge is -2.25. The Balaban J connectivity index is 1.51. The molecule has 4 nitrogen and oxygen atoms in total. The number of aromatic nitrogens is 1. The van der Waals surface area contributed by atoms with Crippen LogP contribution in [0.1, 0.15) is 24.4 Å². The minimum atomic E-state index is -0.0491. The van der Waals surface area contributed by atoms with E-state index in [1.54, 1.807) is 12.1 Å². The van der Waals surface area contributed by atoms with Crippen LogP contribution in [0, 0.1) is 0 Å². The lowest BCUT2D eigenvalue weighted by Crippen LogP contribution is -2.33. The maximum atomic E-state index is 12.5. The monoisotopic (exact) mass is 365 g/mol. The van der Waals surface area contributed by atoms with E-state index in [4.69, 9.17) is 11.6 Å². The largest absolute Gasteiger partial charge is 0.310 e. The first-order chi connectivity index (χ1) is 12.7. The smallest absolute Gasteiger partial charge is 0.239 e. The number of nitrogens with zero attached hydrogens (tertiary/aromatic N) is 2. The molecule has 0 spiro atoms. The van der Waals surface area contributed by atoms with Crippen molar-refractivity contribution in [1.82, 2.24) is 9.88 Å². The van der Waals surface area contributed by atoms with Crippen LogP contribution in [0.5, 0.6) is 0 Å². The van der Waals surface area contributed by atoms with Crippen LogP contribution in [-0.2, 0) is 4.79 Å². The van der Waals surface area contributed by atoms with Crippen LogP contribution in [0.15, 0.2) is 60.8 Å². The summed E-state index contributed by atoms with van der Waals surface area (Å²) < 4.78 is 0. The lowest BCUT2D eigenvalue weighted by atomic mass is 9.97. The van der Waals surface area contributed by atoms with Crippen LogP contribution >= 0.6 is 11.6 Å². The van der Waals surface area contributed by atoms with Gasteiger partial charge in [-0.25, -0.2) is 4.98 Å². The number of carbonyl (C=O) groups excluding carboxylic acids is 1. The standard InChI is InChI=1S/C21H20ClN3O/c22-16-10-11-20(23-13-16)24-21(26)14-25-12-4-9-19(25)18-8-3-6-15-5-1-2-7-17(15)18/h1-3,5-8,10-11,13,19H,4,9,12,14H2,(H,23,24,26). The minimum Gasteiger partial charge on any atom is -0.310 e. The summed E-state index contributed by atoms with van der Waals surface area (Å²) in [7, 11) is 0. The molecule has 1 unspecified atom stereocenters. The number of fused-ring (bicyclic) bond motifs is 1. The quantitative estimate of drug-likeness (QED) is 0.731. The predicted octanol–water partition coefficient (Wildman–Crippen LogP) is 4.66. The van der Waals surface area contributed by atoms with Crippen molar-refractivity contribution >= 4 is 34.1 Å². The minimum absolute atomic E-state index is 0.0491. The van der Waals surface area contributed by atoms with Gasteiger partial charge in [0.15, 0.2) is 0 Å². The molecule has 4 rings (SSSR count). The van der Waals surface area contributed by atoms with Crippen molar-refractivity contribution in [2.75, 3.05) is 18.4 Å². The van der Waals surface area contributed by atoms with Crippen molar-refractivity contribution in [1.29, 1.82) is 0 Å². The molecular formula is C21H20ClN3O. The van der Waals surface area contributed by atoms with Crippen LogP contribution in [-0.4, -0.2) is 28.9 Å². The molecule has 26 heavy (non-hydrogen) atoms. The van der Waals surface area contributed by atoms with Gasteiger partial charge in [-0.3, -0.25) is 9.69 Å². The Labute approximate surface area is 157 Å². The molecule has 1 fully saturated rings. The summed E-state index contributed by atoms with van der Waals surface area (Å²) in [5, 5.41) is 5.92. The van der Waals surface area contributed by atoms with Gasteiger partial charge in [0.05, 0.1) is 11.6 Å². The van der Waals surface area contributed by atoms with Crippen molar-refractivity contribution in [3.63, 3.8) is 0 Å². The number of anilines is 1. The van der Waals surface area contributed by atoms with E-state index in [0.717, 1.165) is 19.4 Å². The Hall–Kier alpha value is -2.43. The first kappa shape index (κ1) is 17.0. The van der Waals surface area contributed by atoms with Crippen LogP contribution in [0.25, 0.3) is 10.8 Å². The van der Waals surface area contributed by atoms with Gasteiger partial charge in [0, 0.05) is 12.2 Å². The molecule has 1 aliphatic heterocycles. The summed E-state index contributed by atoms with van der Waals surface area (Å²) in [6.45, 7) is 1.29. The number of pyridine rings is 1. The second kappa shape index (κ2) is 7.44. The SMILES string of the molecule is O=C(CN1CCCC1c1cccc2ccccc12)Nc1ccc(Cl)cn1. The van der Waals surface area contributed by atoms with Gasteiger partial charge in [-0.15, -0.1) is 0 Å². The number of halogens is 1. The molecule has 1 aliphatic rings. The molecule has 1 aromatic heterocycles. The maximum absolute atomic E-state index is 12.5. The second-order valence-corrected chi connectivity index (χ2v) is 7.04. The molecule has 0 aliphatic carbocycles. The average Bonchev–Trinajstić information content (AvgIpc) is 3.11. The van der Waals surface area contributed by atoms with Crippen molar-refractivity contribution in [2.24, 2.45) is 0 Å². The third-order valence-corrected chi connectivity index (χ3v) is 5.11. The zero-order valence-corrected chi connectivity index (χ0v) is 15.1. The third-order valence-electron chi connectivity index (χ3n) is 4.89. The van der Waals surface area contributed by atoms with E-state index in [9.17, 15) is 4.79 Å². The Bertz CT molecular complexity index is 921. The number of hydrogen-bond donors (Lipinski definition) is 1. The summed E-state index contributed by atoms with van der Waals surface area (Å²) in [5.41, 5.74) is 1.30. The lowest BCUT2D eigenvalue weighted by molar-refractivity contribution is -0.117. The summed E-state index contributed by atoms with van der Waals surface area (Å²) in [4.78, 5) is 18.9. The van der Waals surface area contributed by atoms with Gasteiger partial charge < -0.3 is 5.32 Å². The molecule has 132 valence electrons. The van der Waals surface area contributed by atoms with E-state index in [1.165, 1.54) is 22.5 Å². The van der Waals surface area contributed by atoms with Crippen LogP contribution in [0.2, 0.25) is 5.02 Å². The van der Waals surface area contributed by atoms with Gasteiger partial charge in [0.25, 0.3) is 0 Å². The predicted molar refractivity (Wildman–Crippen MR) is 105 cm³/mol. The van der Waals surface area contributed by atoms with Gasteiger partial charge in [-0.2, -0.15) is 0 Å². The highest BCUT2D eigenvalue weighted by Gasteiger charge is 2.28. The summed E-state index contributed by atoms with van der Waals surface area (Å²) >= 11 is 5.84. The molecule has 0 bridgehead atoms. The number of likely N-dealkylation sites (tertiary alicyclic amines) is 1. The number of nitrogens with one attached hydrogen (secondary N) is 1. The zero-order chi connectivity index (χ0) is 17.9. The molecule has 5 heteroatoms. The van der Waals surface area contributed by atoms with Gasteiger partial charge in [-0.1, -0.05) is 54.1 Å². The van der Waals surface area contributed by atoms with Crippen molar-refractivity contribution in [3.05, 3.63) is 71.4 Å². The fourth-order valence-electron chi connectivity index (χ4n) is 3.73. The van der Waals surface area contributed by atoms with E-state index < -0.39 is 0 Å². The fraction of sp³-hybridized carbons (Fsp3) is 0.238. The number of benzene rings is 2. The highest BCUT2D eigenvalue weighted by atomic mass is 35.5. The molecule has 0 radical (unpaired) electrons. The molecule has 1 saturated heterocycles. The maximum Gasteiger partial charge on any atom is 0.239 e. The Morgan fingerprint density at radius 3 is 2.85 bits per heavy atom. The Kier molecular flexibility index (Phi) is 4.87. The van der Waals surface area contributed by atoms with Gasteiger partial charge >= 0.3 is 0 Å². The zero-order valence-electron chi connectivity index (χ0n) is 14.4.